The molecule has 3 rings (SSSR count). The van der Waals surface area contributed by atoms with Crippen LogP contribution in [0, 0.1) is 13.8 Å². The lowest BCUT2D eigenvalue weighted by Crippen LogP contribution is -2.10. The second-order valence-corrected chi connectivity index (χ2v) is 6.14. The van der Waals surface area contributed by atoms with Crippen molar-refractivity contribution in [1.29, 1.82) is 0 Å². The first-order valence-corrected chi connectivity index (χ1v) is 8.44. The Morgan fingerprint density at radius 3 is 2.75 bits per heavy atom. The van der Waals surface area contributed by atoms with Crippen LogP contribution in [0.4, 0.5) is 5.69 Å². The van der Waals surface area contributed by atoms with E-state index in [-0.39, 0.29) is 0 Å². The molecule has 0 amide bonds. The molecule has 24 heavy (non-hydrogen) atoms. The lowest BCUT2D eigenvalue weighted by molar-refractivity contribution is 0.801. The van der Waals surface area contributed by atoms with Gasteiger partial charge in [0.05, 0.1) is 5.69 Å². The third-order valence-corrected chi connectivity index (χ3v) is 4.32. The van der Waals surface area contributed by atoms with Crippen molar-refractivity contribution in [3.8, 4) is 0 Å². The Labute approximate surface area is 143 Å². The summed E-state index contributed by atoms with van der Waals surface area (Å²) in [7, 11) is 1.95. The molecule has 0 aliphatic heterocycles. The van der Waals surface area contributed by atoms with Crippen molar-refractivity contribution in [3.05, 3.63) is 58.5 Å². The first kappa shape index (κ1) is 16.5. The van der Waals surface area contributed by atoms with Crippen LogP contribution in [0.2, 0.25) is 0 Å². The van der Waals surface area contributed by atoms with E-state index < -0.39 is 0 Å². The number of hydrogen-bond acceptors (Lipinski definition) is 4. The summed E-state index contributed by atoms with van der Waals surface area (Å²) < 4.78 is 1.86. The van der Waals surface area contributed by atoms with Crippen LogP contribution >= 0.6 is 0 Å². The van der Waals surface area contributed by atoms with Gasteiger partial charge in [0.1, 0.15) is 5.82 Å². The normalized spacial score (nSPS) is 11.2. The summed E-state index contributed by atoms with van der Waals surface area (Å²) in [5.74, 6) is 0.782. The van der Waals surface area contributed by atoms with Gasteiger partial charge in [-0.25, -0.2) is 9.50 Å². The molecular formula is C19H25N5. The number of aryl methyl sites for hydroxylation is 3. The minimum Gasteiger partial charge on any atom is -0.378 e. The fraction of sp³-hybridized carbons (Fsp3) is 0.368. The highest BCUT2D eigenvalue weighted by Gasteiger charge is 2.10. The second-order valence-electron chi connectivity index (χ2n) is 6.14. The molecule has 2 heterocycles. The van der Waals surface area contributed by atoms with Crippen LogP contribution in [0.25, 0.3) is 5.65 Å². The SMILES string of the molecule is CCc1cccc(C)c1CNc1cc(CNC)cn2nc(C)nc12. The maximum absolute atomic E-state index is 4.56. The van der Waals surface area contributed by atoms with Gasteiger partial charge in [0.15, 0.2) is 5.65 Å². The van der Waals surface area contributed by atoms with Gasteiger partial charge >= 0.3 is 0 Å². The molecule has 0 bridgehead atoms. The van der Waals surface area contributed by atoms with Crippen molar-refractivity contribution in [1.82, 2.24) is 19.9 Å². The average molecular weight is 323 g/mol. The summed E-state index contributed by atoms with van der Waals surface area (Å²) in [6, 6.07) is 8.66. The molecule has 0 aliphatic carbocycles. The van der Waals surface area contributed by atoms with Crippen molar-refractivity contribution >= 4 is 11.3 Å². The summed E-state index contributed by atoms with van der Waals surface area (Å²) in [5, 5.41) is 11.2. The van der Waals surface area contributed by atoms with E-state index in [2.05, 4.69) is 58.8 Å². The van der Waals surface area contributed by atoms with Gasteiger partial charge < -0.3 is 10.6 Å². The summed E-state index contributed by atoms with van der Waals surface area (Å²) in [6.45, 7) is 7.88. The van der Waals surface area contributed by atoms with Crippen LogP contribution in [-0.4, -0.2) is 21.6 Å². The summed E-state index contributed by atoms with van der Waals surface area (Å²) in [6.07, 6.45) is 3.07. The minimum absolute atomic E-state index is 0.782. The molecule has 0 spiro atoms. The Morgan fingerprint density at radius 2 is 2.00 bits per heavy atom. The molecule has 0 radical (unpaired) electrons. The lowest BCUT2D eigenvalue weighted by atomic mass is 10.00. The first-order chi connectivity index (χ1) is 11.6. The molecule has 0 saturated carbocycles. The third kappa shape index (κ3) is 3.26. The van der Waals surface area contributed by atoms with E-state index in [1.807, 2.05) is 24.7 Å². The number of nitrogens with one attached hydrogen (secondary N) is 2. The largest absolute Gasteiger partial charge is 0.378 e. The van der Waals surface area contributed by atoms with Gasteiger partial charge in [-0.2, -0.15) is 5.10 Å². The van der Waals surface area contributed by atoms with Crippen molar-refractivity contribution < 1.29 is 0 Å². The minimum atomic E-state index is 0.782. The van der Waals surface area contributed by atoms with Crippen LogP contribution in [0.5, 0.6) is 0 Å². The molecule has 1 aromatic carbocycles. The van der Waals surface area contributed by atoms with Crippen molar-refractivity contribution in [2.75, 3.05) is 12.4 Å². The van der Waals surface area contributed by atoms with E-state index in [9.17, 15) is 0 Å². The Hall–Kier alpha value is -2.40. The van der Waals surface area contributed by atoms with E-state index >= 15 is 0 Å². The van der Waals surface area contributed by atoms with Crippen LogP contribution in [0.1, 0.15) is 35.0 Å². The number of aromatic nitrogens is 3. The summed E-state index contributed by atoms with van der Waals surface area (Å²) in [4.78, 5) is 4.56. The Balaban J connectivity index is 1.95. The zero-order valence-electron chi connectivity index (χ0n) is 14.8. The summed E-state index contributed by atoms with van der Waals surface area (Å²) >= 11 is 0. The molecular weight excluding hydrogens is 298 g/mol. The van der Waals surface area contributed by atoms with E-state index in [1.54, 1.807) is 0 Å². The molecule has 3 aromatic rings. The molecule has 2 N–H and O–H groups in total. The molecule has 0 atom stereocenters. The van der Waals surface area contributed by atoms with Crippen LogP contribution in [0.15, 0.2) is 30.5 Å². The van der Waals surface area contributed by atoms with E-state index in [0.717, 1.165) is 36.7 Å². The zero-order chi connectivity index (χ0) is 17.1. The molecule has 0 saturated heterocycles. The number of rotatable bonds is 6. The predicted molar refractivity (Wildman–Crippen MR) is 98.4 cm³/mol. The maximum atomic E-state index is 4.56. The molecule has 0 unspecified atom stereocenters. The quantitative estimate of drug-likeness (QED) is 0.731. The van der Waals surface area contributed by atoms with Crippen LogP contribution in [-0.2, 0) is 19.5 Å². The molecule has 0 aliphatic rings. The Kier molecular flexibility index (Phi) is 4.81. The van der Waals surface area contributed by atoms with Crippen molar-refractivity contribution in [2.45, 2.75) is 40.3 Å². The van der Waals surface area contributed by atoms with Gasteiger partial charge in [0.25, 0.3) is 0 Å². The Bertz CT molecular complexity index is 850. The lowest BCUT2D eigenvalue weighted by Gasteiger charge is -2.14. The highest BCUT2D eigenvalue weighted by Crippen LogP contribution is 2.21. The summed E-state index contributed by atoms with van der Waals surface area (Å²) in [5.41, 5.74) is 7.16. The van der Waals surface area contributed by atoms with Crippen molar-refractivity contribution in [2.24, 2.45) is 0 Å². The van der Waals surface area contributed by atoms with Gasteiger partial charge in [0, 0.05) is 19.3 Å². The number of benzene rings is 1. The van der Waals surface area contributed by atoms with Crippen LogP contribution < -0.4 is 10.6 Å². The number of hydrogen-bond donors (Lipinski definition) is 2. The fourth-order valence-corrected chi connectivity index (χ4v) is 3.11. The van der Waals surface area contributed by atoms with E-state index in [1.165, 1.54) is 22.3 Å². The molecule has 2 aromatic heterocycles. The molecule has 126 valence electrons. The number of fused-ring (bicyclic) bond motifs is 1. The monoisotopic (exact) mass is 323 g/mol. The fourth-order valence-electron chi connectivity index (χ4n) is 3.11. The van der Waals surface area contributed by atoms with Gasteiger partial charge in [-0.15, -0.1) is 0 Å². The number of anilines is 1. The van der Waals surface area contributed by atoms with Gasteiger partial charge in [0.2, 0.25) is 0 Å². The highest BCUT2D eigenvalue weighted by molar-refractivity contribution is 5.68. The maximum Gasteiger partial charge on any atom is 0.178 e. The standard InChI is InChI=1S/C19H25N5/c1-5-16-8-6-7-13(2)17(16)11-21-18-9-15(10-20-4)12-24-19(18)22-14(3)23-24/h6-9,12,20-21H,5,10-11H2,1-4H3. The van der Waals surface area contributed by atoms with Gasteiger partial charge in [-0.3, -0.25) is 0 Å². The highest BCUT2D eigenvalue weighted by atomic mass is 15.3. The molecule has 0 fully saturated rings. The van der Waals surface area contributed by atoms with E-state index in [0.29, 0.717) is 0 Å². The average Bonchev–Trinajstić information content (AvgIpc) is 2.94. The zero-order valence-corrected chi connectivity index (χ0v) is 14.8. The van der Waals surface area contributed by atoms with E-state index in [4.69, 9.17) is 0 Å². The molecule has 5 heteroatoms. The third-order valence-electron chi connectivity index (χ3n) is 4.32. The second kappa shape index (κ2) is 7.01. The van der Waals surface area contributed by atoms with Crippen molar-refractivity contribution in [3.63, 3.8) is 0 Å². The topological polar surface area (TPSA) is 54.2 Å². The Morgan fingerprint density at radius 1 is 1.17 bits per heavy atom. The molecule has 5 nitrogen and oxygen atoms in total. The number of pyridine rings is 1. The van der Waals surface area contributed by atoms with Gasteiger partial charge in [-0.05, 0) is 55.6 Å². The smallest absolute Gasteiger partial charge is 0.178 e. The van der Waals surface area contributed by atoms with Gasteiger partial charge in [-0.1, -0.05) is 25.1 Å². The van der Waals surface area contributed by atoms with Crippen LogP contribution in [0.3, 0.4) is 0 Å². The number of nitrogens with zero attached hydrogens (tertiary/aromatic N) is 3. The predicted octanol–water partition coefficient (Wildman–Crippen LogP) is 3.24. The first-order valence-electron chi connectivity index (χ1n) is 8.44.